The van der Waals surface area contributed by atoms with Gasteiger partial charge in [-0.25, -0.2) is 0 Å². The van der Waals surface area contributed by atoms with E-state index in [1.54, 1.807) is 0 Å². The Balaban J connectivity index is 0.991. The minimum Gasteiger partial charge on any atom is -0.309 e. The Kier molecular flexibility index (Phi) is 5.71. The largest absolute Gasteiger partial charge is 0.309 e. The first kappa shape index (κ1) is 28.2. The zero-order valence-corrected chi connectivity index (χ0v) is 28.8. The molecule has 3 nitrogen and oxygen atoms in total. The van der Waals surface area contributed by atoms with Crippen molar-refractivity contribution in [2.45, 2.75) is 9.79 Å². The molecule has 3 aromatic heterocycles. The number of rotatable bonds is 3. The summed E-state index contributed by atoms with van der Waals surface area (Å²) in [5.74, 6) is 0. The summed E-state index contributed by atoms with van der Waals surface area (Å²) >= 11 is 1.87. The summed E-state index contributed by atoms with van der Waals surface area (Å²) in [6, 6.07) is 64.7. The van der Waals surface area contributed by atoms with Crippen LogP contribution < -0.4 is 0 Å². The Hall–Kier alpha value is -6.49. The van der Waals surface area contributed by atoms with E-state index in [0.29, 0.717) is 0 Å². The summed E-state index contributed by atoms with van der Waals surface area (Å²) in [4.78, 5) is 2.61. The summed E-state index contributed by atoms with van der Waals surface area (Å²) in [6.07, 6.45) is 0. The van der Waals surface area contributed by atoms with Crippen LogP contribution in [0.3, 0.4) is 0 Å². The van der Waals surface area contributed by atoms with Gasteiger partial charge in [-0.3, -0.25) is 0 Å². The number of aromatic nitrogens is 3. The number of para-hydroxylation sites is 5. The van der Waals surface area contributed by atoms with E-state index in [1.807, 2.05) is 11.8 Å². The molecule has 1 aliphatic rings. The lowest BCUT2D eigenvalue weighted by atomic mass is 10.0. The Morgan fingerprint density at radius 3 is 1.56 bits per heavy atom. The third kappa shape index (κ3) is 3.82. The number of fused-ring (bicyclic) bond motifs is 11. The van der Waals surface area contributed by atoms with E-state index in [2.05, 4.69) is 190 Å². The molecule has 0 aliphatic carbocycles. The van der Waals surface area contributed by atoms with Crippen molar-refractivity contribution in [3.8, 4) is 28.2 Å². The van der Waals surface area contributed by atoms with Crippen LogP contribution in [0.1, 0.15) is 0 Å². The van der Waals surface area contributed by atoms with Gasteiger partial charge in [0.15, 0.2) is 0 Å². The van der Waals surface area contributed by atoms with Crippen molar-refractivity contribution in [3.05, 3.63) is 176 Å². The molecule has 0 bridgehead atoms. The second-order valence-corrected chi connectivity index (χ2v) is 14.8. The molecular formula is C48H29N3S. The maximum Gasteiger partial charge on any atom is 0.0681 e. The third-order valence-electron chi connectivity index (χ3n) is 11.0. The van der Waals surface area contributed by atoms with Crippen molar-refractivity contribution in [2.75, 3.05) is 0 Å². The highest BCUT2D eigenvalue weighted by Gasteiger charge is 2.23. The fraction of sp³-hybridized carbons (Fsp3) is 0. The second kappa shape index (κ2) is 10.5. The van der Waals surface area contributed by atoms with Crippen LogP contribution in [0.4, 0.5) is 0 Å². The van der Waals surface area contributed by atoms with Crippen LogP contribution in [0.25, 0.3) is 93.6 Å². The Morgan fingerprint density at radius 1 is 0.308 bits per heavy atom. The van der Waals surface area contributed by atoms with Gasteiger partial charge in [-0.1, -0.05) is 109 Å². The Labute approximate surface area is 303 Å². The molecule has 11 aromatic rings. The smallest absolute Gasteiger partial charge is 0.0681 e. The van der Waals surface area contributed by atoms with Gasteiger partial charge in [-0.2, -0.15) is 0 Å². The average molecular weight is 680 g/mol. The summed E-state index contributed by atoms with van der Waals surface area (Å²) in [5.41, 5.74) is 13.4. The first-order valence-corrected chi connectivity index (χ1v) is 18.6. The van der Waals surface area contributed by atoms with Crippen LogP contribution in [-0.4, -0.2) is 13.7 Å². The van der Waals surface area contributed by atoms with E-state index in [4.69, 9.17) is 0 Å². The van der Waals surface area contributed by atoms with Crippen LogP contribution in [0.5, 0.6) is 0 Å². The van der Waals surface area contributed by atoms with Crippen molar-refractivity contribution >= 4 is 77.2 Å². The zero-order chi connectivity index (χ0) is 33.9. The predicted octanol–water partition coefficient (Wildman–Crippen LogP) is 13.1. The fourth-order valence-corrected chi connectivity index (χ4v) is 9.87. The monoisotopic (exact) mass is 679 g/mol. The fourth-order valence-electron chi connectivity index (χ4n) is 8.78. The van der Waals surface area contributed by atoms with Crippen LogP contribution in [-0.2, 0) is 0 Å². The summed E-state index contributed by atoms with van der Waals surface area (Å²) in [5, 5.41) is 7.65. The van der Waals surface area contributed by atoms with Gasteiger partial charge in [0.2, 0.25) is 0 Å². The highest BCUT2D eigenvalue weighted by atomic mass is 32.2. The van der Waals surface area contributed by atoms with E-state index in [1.165, 1.54) is 97.7 Å². The molecule has 12 rings (SSSR count). The molecular weight excluding hydrogens is 651 g/mol. The van der Waals surface area contributed by atoms with Crippen LogP contribution in [0.2, 0.25) is 0 Å². The highest BCUT2D eigenvalue weighted by molar-refractivity contribution is 7.99. The van der Waals surface area contributed by atoms with Gasteiger partial charge >= 0.3 is 0 Å². The lowest BCUT2D eigenvalue weighted by Gasteiger charge is -2.19. The van der Waals surface area contributed by atoms with E-state index in [9.17, 15) is 0 Å². The van der Waals surface area contributed by atoms with Gasteiger partial charge in [-0.15, -0.1) is 0 Å². The van der Waals surface area contributed by atoms with Crippen LogP contribution >= 0.6 is 11.8 Å². The van der Waals surface area contributed by atoms with Crippen molar-refractivity contribution in [1.82, 2.24) is 13.7 Å². The highest BCUT2D eigenvalue weighted by Crippen LogP contribution is 2.47. The summed E-state index contributed by atoms with van der Waals surface area (Å²) in [6.45, 7) is 0. The molecule has 0 fully saturated rings. The SMILES string of the molecule is c1ccc2c(c1)Sc1cccc3c4cc(-c5ccc(-n6c7ccccc7c7cc(-n8c9ccccc9c9ccccc98)ccc76)cc5)ccc4n-2c13. The molecule has 1 aliphatic heterocycles. The predicted molar refractivity (Wildman–Crippen MR) is 219 cm³/mol. The summed E-state index contributed by atoms with van der Waals surface area (Å²) < 4.78 is 7.27. The topological polar surface area (TPSA) is 14.8 Å². The lowest BCUT2D eigenvalue weighted by Crippen LogP contribution is -2.00. The molecule has 4 heterocycles. The van der Waals surface area contributed by atoms with Crippen molar-refractivity contribution < 1.29 is 0 Å². The molecule has 0 radical (unpaired) electrons. The minimum absolute atomic E-state index is 1.15. The molecule has 4 heteroatoms. The molecule has 0 N–H and O–H groups in total. The van der Waals surface area contributed by atoms with Gasteiger partial charge in [0.05, 0.1) is 38.8 Å². The summed E-state index contributed by atoms with van der Waals surface area (Å²) in [7, 11) is 0. The van der Waals surface area contributed by atoms with Gasteiger partial charge in [0.1, 0.15) is 0 Å². The standard InChI is InChI=1S/C48H29N3S/c1-4-14-40-34(10-1)35-11-2-5-15-41(35)50(40)33-25-27-43-39(29-33)36-12-3-6-16-42(36)49(43)32-23-20-30(21-24-32)31-22-26-44-38(28-31)37-13-9-19-47-48(37)51(44)45-17-7-8-18-46(45)52-47/h1-29H. The van der Waals surface area contributed by atoms with Crippen molar-refractivity contribution in [1.29, 1.82) is 0 Å². The molecule has 0 saturated heterocycles. The molecule has 0 spiro atoms. The molecule has 0 saturated carbocycles. The van der Waals surface area contributed by atoms with Crippen molar-refractivity contribution in [3.63, 3.8) is 0 Å². The quantitative estimate of drug-likeness (QED) is 0.181. The molecule has 242 valence electrons. The van der Waals surface area contributed by atoms with E-state index < -0.39 is 0 Å². The molecule has 8 aromatic carbocycles. The lowest BCUT2D eigenvalue weighted by molar-refractivity contribution is 1.09. The number of nitrogens with zero attached hydrogens (tertiary/aromatic N) is 3. The van der Waals surface area contributed by atoms with Gasteiger partial charge in [0.25, 0.3) is 0 Å². The van der Waals surface area contributed by atoms with Crippen LogP contribution in [0.15, 0.2) is 186 Å². The van der Waals surface area contributed by atoms with Gasteiger partial charge < -0.3 is 13.7 Å². The van der Waals surface area contributed by atoms with Gasteiger partial charge in [0, 0.05) is 53.5 Å². The molecule has 52 heavy (non-hydrogen) atoms. The molecule has 0 atom stereocenters. The zero-order valence-electron chi connectivity index (χ0n) is 28.0. The number of benzene rings is 8. The van der Waals surface area contributed by atoms with E-state index in [0.717, 1.165) is 5.69 Å². The first-order chi connectivity index (χ1) is 25.8. The first-order valence-electron chi connectivity index (χ1n) is 17.8. The molecule has 0 amide bonds. The maximum absolute atomic E-state index is 2.45. The average Bonchev–Trinajstić information content (AvgIpc) is 3.84. The van der Waals surface area contributed by atoms with Crippen LogP contribution in [0, 0.1) is 0 Å². The Bertz CT molecular complexity index is 3210. The normalized spacial score (nSPS) is 12.5. The van der Waals surface area contributed by atoms with Crippen molar-refractivity contribution in [2.24, 2.45) is 0 Å². The Morgan fingerprint density at radius 2 is 0.808 bits per heavy atom. The number of hydrogen-bond donors (Lipinski definition) is 0. The van der Waals surface area contributed by atoms with Gasteiger partial charge in [-0.05, 0) is 90.0 Å². The maximum atomic E-state index is 2.45. The third-order valence-corrected chi connectivity index (χ3v) is 12.1. The number of hydrogen-bond acceptors (Lipinski definition) is 1. The molecule has 0 unspecified atom stereocenters. The second-order valence-electron chi connectivity index (χ2n) is 13.8. The minimum atomic E-state index is 1.15. The van der Waals surface area contributed by atoms with E-state index in [-0.39, 0.29) is 0 Å². The van der Waals surface area contributed by atoms with E-state index >= 15 is 0 Å².